The summed E-state index contributed by atoms with van der Waals surface area (Å²) in [4.78, 5) is 38.0. The van der Waals surface area contributed by atoms with Gasteiger partial charge in [-0.15, -0.1) is 11.8 Å². The summed E-state index contributed by atoms with van der Waals surface area (Å²) in [5, 5.41) is 5.40. The Bertz CT molecular complexity index is 1100. The lowest BCUT2D eigenvalue weighted by Crippen LogP contribution is -2.27. The zero-order valence-electron chi connectivity index (χ0n) is 16.8. The maximum Gasteiger partial charge on any atom is 0.255 e. The Morgan fingerprint density at radius 2 is 1.81 bits per heavy atom. The number of anilines is 2. The molecule has 4 rings (SSSR count). The minimum Gasteiger partial charge on any atom is -0.467 e. The number of nitrogens with zero attached hydrogens (tertiary/aromatic N) is 1. The van der Waals surface area contributed by atoms with Crippen molar-refractivity contribution in [1.29, 1.82) is 0 Å². The van der Waals surface area contributed by atoms with Crippen LogP contribution in [0.5, 0.6) is 0 Å². The quantitative estimate of drug-likeness (QED) is 0.604. The van der Waals surface area contributed by atoms with Crippen LogP contribution in [0.2, 0.25) is 0 Å². The second-order valence-electron chi connectivity index (χ2n) is 7.10. The van der Waals surface area contributed by atoms with Crippen molar-refractivity contribution >= 4 is 40.9 Å². The minimum atomic E-state index is -0.255. The number of amides is 3. The lowest BCUT2D eigenvalue weighted by Gasteiger charge is -2.23. The molecule has 1 aromatic heterocycles. The molecule has 1 fully saturated rings. The topological polar surface area (TPSA) is 91.7 Å². The first kappa shape index (κ1) is 20.7. The van der Waals surface area contributed by atoms with Gasteiger partial charge in [0.15, 0.2) is 0 Å². The standard InChI is InChI=1S/C23H21N3O4S/c1-15(27)24-18-4-2-5-19(12-18)25-22(29)16-7-9-17(10-8-16)23-26(21(28)14-31-23)13-20-6-3-11-30-20/h2-12,23H,13-14H2,1H3,(H,24,27)(H,25,29)/t23-/m1/s1. The predicted molar refractivity (Wildman–Crippen MR) is 120 cm³/mol. The number of carbonyl (C=O) groups excluding carboxylic acids is 3. The second kappa shape index (κ2) is 9.09. The van der Waals surface area contributed by atoms with Crippen molar-refractivity contribution in [2.24, 2.45) is 0 Å². The van der Waals surface area contributed by atoms with E-state index >= 15 is 0 Å². The number of benzene rings is 2. The Morgan fingerprint density at radius 1 is 1.06 bits per heavy atom. The van der Waals surface area contributed by atoms with Crippen LogP contribution in [0.15, 0.2) is 71.3 Å². The average Bonchev–Trinajstić information content (AvgIpc) is 3.39. The van der Waals surface area contributed by atoms with E-state index in [0.29, 0.717) is 29.2 Å². The Labute approximate surface area is 183 Å². The van der Waals surface area contributed by atoms with Gasteiger partial charge in [-0.25, -0.2) is 0 Å². The highest BCUT2D eigenvalue weighted by atomic mass is 32.2. The molecule has 3 amide bonds. The van der Waals surface area contributed by atoms with E-state index in [-0.39, 0.29) is 23.1 Å². The van der Waals surface area contributed by atoms with E-state index in [9.17, 15) is 14.4 Å². The van der Waals surface area contributed by atoms with Crippen molar-refractivity contribution in [3.8, 4) is 0 Å². The van der Waals surface area contributed by atoms with Gasteiger partial charge in [0.05, 0.1) is 18.6 Å². The van der Waals surface area contributed by atoms with Crippen molar-refractivity contribution in [2.45, 2.75) is 18.8 Å². The summed E-state index contributed by atoms with van der Waals surface area (Å²) < 4.78 is 5.39. The molecule has 158 valence electrons. The maximum absolute atomic E-state index is 12.6. The largest absolute Gasteiger partial charge is 0.467 e. The van der Waals surface area contributed by atoms with Gasteiger partial charge in [0, 0.05) is 23.9 Å². The third-order valence-corrected chi connectivity index (χ3v) is 6.03. The molecule has 2 aromatic carbocycles. The van der Waals surface area contributed by atoms with E-state index in [1.54, 1.807) is 65.4 Å². The van der Waals surface area contributed by atoms with Crippen LogP contribution in [-0.2, 0) is 16.1 Å². The van der Waals surface area contributed by atoms with E-state index in [0.717, 1.165) is 11.3 Å². The second-order valence-corrected chi connectivity index (χ2v) is 8.17. The summed E-state index contributed by atoms with van der Waals surface area (Å²) in [5.74, 6) is 0.779. The summed E-state index contributed by atoms with van der Waals surface area (Å²) in [6.45, 7) is 1.84. The summed E-state index contributed by atoms with van der Waals surface area (Å²) in [7, 11) is 0. The monoisotopic (exact) mass is 435 g/mol. The molecule has 0 saturated carbocycles. The summed E-state index contributed by atoms with van der Waals surface area (Å²) >= 11 is 1.56. The number of nitrogens with one attached hydrogen (secondary N) is 2. The number of thioether (sulfide) groups is 1. The van der Waals surface area contributed by atoms with E-state index < -0.39 is 0 Å². The van der Waals surface area contributed by atoms with Crippen LogP contribution in [0.25, 0.3) is 0 Å². The van der Waals surface area contributed by atoms with E-state index in [1.807, 2.05) is 18.2 Å². The number of hydrogen-bond donors (Lipinski definition) is 2. The molecule has 0 radical (unpaired) electrons. The van der Waals surface area contributed by atoms with Gasteiger partial charge in [0.2, 0.25) is 11.8 Å². The molecule has 31 heavy (non-hydrogen) atoms. The molecule has 0 aliphatic carbocycles. The van der Waals surface area contributed by atoms with E-state index in [2.05, 4.69) is 10.6 Å². The van der Waals surface area contributed by atoms with Gasteiger partial charge >= 0.3 is 0 Å². The molecule has 2 N–H and O–H groups in total. The van der Waals surface area contributed by atoms with Gasteiger partial charge in [0.1, 0.15) is 11.1 Å². The molecule has 0 spiro atoms. The zero-order valence-corrected chi connectivity index (χ0v) is 17.6. The maximum atomic E-state index is 12.6. The third kappa shape index (κ3) is 4.97. The van der Waals surface area contributed by atoms with Crippen LogP contribution in [0.1, 0.15) is 34.0 Å². The van der Waals surface area contributed by atoms with Crippen molar-refractivity contribution in [2.75, 3.05) is 16.4 Å². The number of carbonyl (C=O) groups is 3. The van der Waals surface area contributed by atoms with Crippen molar-refractivity contribution < 1.29 is 18.8 Å². The number of rotatable bonds is 6. The van der Waals surface area contributed by atoms with Crippen molar-refractivity contribution in [3.63, 3.8) is 0 Å². The van der Waals surface area contributed by atoms with Crippen LogP contribution in [0, 0.1) is 0 Å². The summed E-state index contributed by atoms with van der Waals surface area (Å²) in [6.07, 6.45) is 1.59. The van der Waals surface area contributed by atoms with Gasteiger partial charge in [0.25, 0.3) is 5.91 Å². The Balaban J connectivity index is 1.44. The fourth-order valence-corrected chi connectivity index (χ4v) is 4.54. The first-order valence-corrected chi connectivity index (χ1v) is 10.8. The Morgan fingerprint density at radius 3 is 2.48 bits per heavy atom. The Hall–Kier alpha value is -3.52. The van der Waals surface area contributed by atoms with Crippen molar-refractivity contribution in [3.05, 3.63) is 83.8 Å². The van der Waals surface area contributed by atoms with Gasteiger partial charge in [-0.1, -0.05) is 18.2 Å². The molecule has 1 saturated heterocycles. The first-order valence-electron chi connectivity index (χ1n) is 9.72. The molecule has 7 nitrogen and oxygen atoms in total. The molecule has 0 bridgehead atoms. The molecule has 1 aliphatic rings. The predicted octanol–water partition coefficient (Wildman–Crippen LogP) is 4.26. The summed E-state index contributed by atoms with van der Waals surface area (Å²) in [6, 6.07) is 17.8. The molecule has 0 unspecified atom stereocenters. The van der Waals surface area contributed by atoms with Crippen LogP contribution in [0.3, 0.4) is 0 Å². The zero-order chi connectivity index (χ0) is 21.8. The normalized spacial score (nSPS) is 15.7. The molecular formula is C23H21N3O4S. The highest BCUT2D eigenvalue weighted by molar-refractivity contribution is 8.00. The Kier molecular flexibility index (Phi) is 6.08. The highest BCUT2D eigenvalue weighted by Gasteiger charge is 2.33. The lowest BCUT2D eigenvalue weighted by atomic mass is 10.1. The van der Waals surface area contributed by atoms with E-state index in [4.69, 9.17) is 4.42 Å². The molecule has 2 heterocycles. The molecule has 1 atom stereocenters. The number of furan rings is 1. The van der Waals surface area contributed by atoms with Crippen LogP contribution in [-0.4, -0.2) is 28.4 Å². The number of hydrogen-bond acceptors (Lipinski definition) is 5. The van der Waals surface area contributed by atoms with Crippen LogP contribution >= 0.6 is 11.8 Å². The van der Waals surface area contributed by atoms with E-state index in [1.165, 1.54) is 6.92 Å². The van der Waals surface area contributed by atoms with Crippen molar-refractivity contribution in [1.82, 2.24) is 4.90 Å². The molecule has 8 heteroatoms. The summed E-state index contributed by atoms with van der Waals surface area (Å²) in [5.41, 5.74) is 2.65. The molecule has 3 aromatic rings. The fourth-order valence-electron chi connectivity index (χ4n) is 3.35. The van der Waals surface area contributed by atoms with Crippen LogP contribution < -0.4 is 10.6 Å². The molecule has 1 aliphatic heterocycles. The first-order chi connectivity index (χ1) is 15.0. The third-order valence-electron chi connectivity index (χ3n) is 4.77. The van der Waals surface area contributed by atoms with Gasteiger partial charge in [-0.05, 0) is 48.0 Å². The SMILES string of the molecule is CC(=O)Nc1cccc(NC(=O)c2ccc([C@H]3SCC(=O)N3Cc3ccco3)cc2)c1. The minimum absolute atomic E-state index is 0.0623. The smallest absolute Gasteiger partial charge is 0.255 e. The fraction of sp³-hybridized carbons (Fsp3) is 0.174. The lowest BCUT2D eigenvalue weighted by molar-refractivity contribution is -0.128. The highest BCUT2D eigenvalue weighted by Crippen LogP contribution is 2.39. The van der Waals surface area contributed by atoms with Gasteiger partial charge in [-0.2, -0.15) is 0 Å². The molecular weight excluding hydrogens is 414 g/mol. The van der Waals surface area contributed by atoms with Gasteiger partial charge < -0.3 is 20.0 Å². The average molecular weight is 436 g/mol. The van der Waals surface area contributed by atoms with Gasteiger partial charge in [-0.3, -0.25) is 14.4 Å². The van der Waals surface area contributed by atoms with Crippen LogP contribution in [0.4, 0.5) is 11.4 Å².